The molecule has 1 aromatic heterocycles. The van der Waals surface area contributed by atoms with Gasteiger partial charge in [-0.2, -0.15) is 0 Å². The number of benzene rings is 1. The third-order valence-electron chi connectivity index (χ3n) is 4.88. The van der Waals surface area contributed by atoms with Crippen LogP contribution in [0.25, 0.3) is 6.08 Å². The highest BCUT2D eigenvalue weighted by atomic mass is 16.6. The summed E-state index contributed by atoms with van der Waals surface area (Å²) in [7, 11) is 1.47. The zero-order valence-electron chi connectivity index (χ0n) is 16.9. The second-order valence-corrected chi connectivity index (χ2v) is 7.08. The van der Waals surface area contributed by atoms with Crippen LogP contribution in [0, 0.1) is 24.0 Å². The number of rotatable bonds is 5. The standard InChI is InChI=1S/C22H23NO6/c1-13(9-16-5-7-18(8-6-16)23(25)26)10-17-11-19(28-12-17)21-14(2)20(24)15(3)22(27-4)29-21/h5-10,19H,11-12H2,1-4H3/b13-9+,17-10+. The maximum atomic E-state index is 12.4. The average Bonchev–Trinajstić information content (AvgIpc) is 3.14. The van der Waals surface area contributed by atoms with Gasteiger partial charge < -0.3 is 13.9 Å². The van der Waals surface area contributed by atoms with Gasteiger partial charge in [0.2, 0.25) is 0 Å². The van der Waals surface area contributed by atoms with Crippen molar-refractivity contribution >= 4 is 11.8 Å². The first kappa shape index (κ1) is 20.5. The molecule has 2 heterocycles. The van der Waals surface area contributed by atoms with Crippen LogP contribution in [0.5, 0.6) is 5.95 Å². The van der Waals surface area contributed by atoms with Crippen LogP contribution in [-0.2, 0) is 4.74 Å². The monoisotopic (exact) mass is 397 g/mol. The molecule has 0 N–H and O–H groups in total. The number of nitro benzene ring substituents is 1. The zero-order valence-corrected chi connectivity index (χ0v) is 16.9. The molecule has 1 aliphatic rings. The molecule has 1 fully saturated rings. The molecule has 0 bridgehead atoms. The van der Waals surface area contributed by atoms with Gasteiger partial charge >= 0.3 is 0 Å². The van der Waals surface area contributed by atoms with Gasteiger partial charge in [0, 0.05) is 24.1 Å². The number of ether oxygens (including phenoxy) is 2. The van der Waals surface area contributed by atoms with Crippen molar-refractivity contribution in [2.75, 3.05) is 13.7 Å². The number of hydrogen-bond acceptors (Lipinski definition) is 6. The van der Waals surface area contributed by atoms with Crippen LogP contribution >= 0.6 is 0 Å². The summed E-state index contributed by atoms with van der Waals surface area (Å²) in [6.45, 7) is 5.81. The lowest BCUT2D eigenvalue weighted by atomic mass is 10.0. The zero-order chi connectivity index (χ0) is 21.1. The van der Waals surface area contributed by atoms with E-state index in [-0.39, 0.29) is 23.2 Å². The Morgan fingerprint density at radius 2 is 1.93 bits per heavy atom. The molecular formula is C22H23NO6. The van der Waals surface area contributed by atoms with E-state index in [1.54, 1.807) is 26.0 Å². The molecule has 2 aromatic rings. The lowest BCUT2D eigenvalue weighted by molar-refractivity contribution is -0.384. The van der Waals surface area contributed by atoms with Crippen molar-refractivity contribution in [1.29, 1.82) is 0 Å². The van der Waals surface area contributed by atoms with E-state index < -0.39 is 4.92 Å². The summed E-state index contributed by atoms with van der Waals surface area (Å²) in [4.78, 5) is 22.7. The summed E-state index contributed by atoms with van der Waals surface area (Å²) >= 11 is 0. The maximum absolute atomic E-state index is 12.4. The van der Waals surface area contributed by atoms with Crippen LogP contribution in [0.15, 0.2) is 50.7 Å². The first-order valence-corrected chi connectivity index (χ1v) is 9.22. The highest BCUT2D eigenvalue weighted by Gasteiger charge is 2.28. The van der Waals surface area contributed by atoms with Crippen LogP contribution in [0.1, 0.15) is 41.9 Å². The lowest BCUT2D eigenvalue weighted by Crippen LogP contribution is -2.15. The summed E-state index contributed by atoms with van der Waals surface area (Å²) in [6.07, 6.45) is 4.25. The van der Waals surface area contributed by atoms with E-state index >= 15 is 0 Å². The Balaban J connectivity index is 1.78. The van der Waals surface area contributed by atoms with Gasteiger partial charge in [0.25, 0.3) is 11.6 Å². The van der Waals surface area contributed by atoms with Gasteiger partial charge in [0.05, 0.1) is 24.2 Å². The van der Waals surface area contributed by atoms with Crippen molar-refractivity contribution in [3.8, 4) is 5.95 Å². The molecule has 1 atom stereocenters. The lowest BCUT2D eigenvalue weighted by Gasteiger charge is -2.13. The van der Waals surface area contributed by atoms with Crippen LogP contribution in [-0.4, -0.2) is 18.6 Å². The van der Waals surface area contributed by atoms with Crippen LogP contribution in [0.2, 0.25) is 0 Å². The fraction of sp³-hybridized carbons (Fsp3) is 0.318. The molecule has 0 aliphatic carbocycles. The summed E-state index contributed by atoms with van der Waals surface area (Å²) in [5, 5.41) is 10.7. The maximum Gasteiger partial charge on any atom is 0.291 e. The predicted octanol–water partition coefficient (Wildman–Crippen LogP) is 4.66. The highest BCUT2D eigenvalue weighted by molar-refractivity contribution is 5.57. The van der Waals surface area contributed by atoms with Crippen molar-refractivity contribution in [3.05, 3.63) is 84.3 Å². The van der Waals surface area contributed by atoms with E-state index in [0.29, 0.717) is 29.9 Å². The minimum Gasteiger partial charge on any atom is -0.468 e. The molecule has 7 nitrogen and oxygen atoms in total. The number of nitrogens with zero attached hydrogens (tertiary/aromatic N) is 1. The van der Waals surface area contributed by atoms with E-state index in [9.17, 15) is 14.9 Å². The van der Waals surface area contributed by atoms with Gasteiger partial charge in [0.1, 0.15) is 11.9 Å². The minimum absolute atomic E-state index is 0.0654. The molecule has 3 rings (SSSR count). The number of nitro groups is 1. The van der Waals surface area contributed by atoms with E-state index in [1.165, 1.54) is 19.2 Å². The van der Waals surface area contributed by atoms with Gasteiger partial charge in [0.15, 0.2) is 5.43 Å². The summed E-state index contributed by atoms with van der Waals surface area (Å²) < 4.78 is 16.8. The third-order valence-corrected chi connectivity index (χ3v) is 4.88. The third kappa shape index (κ3) is 4.46. The Hall–Kier alpha value is -3.19. The molecule has 0 saturated carbocycles. The minimum atomic E-state index is -0.418. The summed E-state index contributed by atoms with van der Waals surface area (Å²) in [5.41, 5.74) is 3.90. The SMILES string of the molecule is COc1oc(C2C/C(=C\C(C)=C\c3ccc([N+](=O)[O-])cc3)CO2)c(C)c(=O)c1C. The molecule has 7 heteroatoms. The number of non-ortho nitro benzene ring substituents is 1. The normalized spacial score (nSPS) is 18.3. The van der Waals surface area contributed by atoms with Crippen molar-refractivity contribution in [1.82, 2.24) is 0 Å². The van der Waals surface area contributed by atoms with Gasteiger partial charge in [-0.3, -0.25) is 14.9 Å². The Morgan fingerprint density at radius 3 is 2.55 bits per heavy atom. The van der Waals surface area contributed by atoms with Gasteiger partial charge in [-0.15, -0.1) is 0 Å². The molecule has 0 amide bonds. The second-order valence-electron chi connectivity index (χ2n) is 7.08. The molecule has 1 unspecified atom stereocenters. The van der Waals surface area contributed by atoms with Crippen molar-refractivity contribution in [3.63, 3.8) is 0 Å². The first-order valence-electron chi connectivity index (χ1n) is 9.22. The molecule has 0 radical (unpaired) electrons. The smallest absolute Gasteiger partial charge is 0.291 e. The van der Waals surface area contributed by atoms with Crippen molar-refractivity contribution < 1.29 is 18.8 Å². The van der Waals surface area contributed by atoms with Gasteiger partial charge in [-0.05, 0) is 44.0 Å². The van der Waals surface area contributed by atoms with Crippen molar-refractivity contribution in [2.24, 2.45) is 0 Å². The van der Waals surface area contributed by atoms with Gasteiger partial charge in [-0.25, -0.2) is 0 Å². The summed E-state index contributed by atoms with van der Waals surface area (Å²) in [5.74, 6) is 0.712. The number of allylic oxidation sites excluding steroid dienone is 2. The fourth-order valence-electron chi connectivity index (χ4n) is 3.39. The Labute approximate surface area is 168 Å². The molecule has 29 heavy (non-hydrogen) atoms. The topological polar surface area (TPSA) is 91.8 Å². The largest absolute Gasteiger partial charge is 0.468 e. The molecule has 1 saturated heterocycles. The number of hydrogen-bond donors (Lipinski definition) is 0. The predicted molar refractivity (Wildman–Crippen MR) is 109 cm³/mol. The first-order chi connectivity index (χ1) is 13.8. The second kappa shape index (κ2) is 8.45. The Kier molecular flexibility index (Phi) is 5.98. The highest BCUT2D eigenvalue weighted by Crippen LogP contribution is 2.35. The summed E-state index contributed by atoms with van der Waals surface area (Å²) in [6, 6.07) is 6.39. The van der Waals surface area contributed by atoms with Crippen LogP contribution in [0.3, 0.4) is 0 Å². The average molecular weight is 397 g/mol. The molecular weight excluding hydrogens is 374 g/mol. The Morgan fingerprint density at radius 1 is 1.24 bits per heavy atom. The van der Waals surface area contributed by atoms with E-state index in [2.05, 4.69) is 0 Å². The van der Waals surface area contributed by atoms with E-state index in [4.69, 9.17) is 13.9 Å². The molecule has 1 aromatic carbocycles. The van der Waals surface area contributed by atoms with Crippen LogP contribution in [0.4, 0.5) is 5.69 Å². The fourth-order valence-corrected chi connectivity index (χ4v) is 3.39. The van der Waals surface area contributed by atoms with E-state index in [1.807, 2.05) is 19.1 Å². The molecule has 152 valence electrons. The van der Waals surface area contributed by atoms with Crippen molar-refractivity contribution in [2.45, 2.75) is 33.3 Å². The quantitative estimate of drug-likeness (QED) is 0.538. The van der Waals surface area contributed by atoms with Crippen LogP contribution < -0.4 is 10.2 Å². The number of methoxy groups -OCH3 is 1. The van der Waals surface area contributed by atoms with E-state index in [0.717, 1.165) is 16.7 Å². The Bertz CT molecular complexity index is 1050. The molecule has 0 spiro atoms. The van der Waals surface area contributed by atoms with Gasteiger partial charge in [-0.1, -0.05) is 17.7 Å². The molecule has 1 aliphatic heterocycles.